The first-order chi connectivity index (χ1) is 24.6. The Morgan fingerprint density at radius 3 is 2.45 bits per heavy atom. The van der Waals surface area contributed by atoms with Crippen LogP contribution < -0.4 is 19.7 Å². The molecule has 2 heterocycles. The summed E-state index contributed by atoms with van der Waals surface area (Å²) in [7, 11) is 5.23. The molecule has 270 valence electrons. The van der Waals surface area contributed by atoms with Gasteiger partial charge in [0, 0.05) is 61.7 Å². The molecule has 5 rings (SSSR count). The monoisotopic (exact) mass is 697 g/mol. The smallest absolute Gasteiger partial charge is 0.354 e. The van der Waals surface area contributed by atoms with Gasteiger partial charge in [-0.2, -0.15) is 0 Å². The Labute approximate surface area is 298 Å². The number of fused-ring (bicyclic) bond motifs is 1. The summed E-state index contributed by atoms with van der Waals surface area (Å²) in [5.74, 6) is -0.0729. The van der Waals surface area contributed by atoms with Crippen LogP contribution in [0.25, 0.3) is 10.9 Å². The van der Waals surface area contributed by atoms with Crippen molar-refractivity contribution in [2.24, 2.45) is 0 Å². The average molecular weight is 698 g/mol. The predicted octanol–water partition coefficient (Wildman–Crippen LogP) is 5.90. The standard InChI is InChI=1S/C39H47N5O7/c1-6-50-39(48)32-25-29-28(11-10-12-30(29)40-32)37(46)41-31-16-15-27(24-34(31)49-5)38(47)43(4)33-17-14-26(2)23-35(33)51-22-9-7-8-13-36(45)44-20-18-42(3)19-21-44/h10-12,14-17,23-25,40H,6-9,13,18-22H2,1-5H3,(H,41,46). The molecule has 1 aliphatic heterocycles. The highest BCUT2D eigenvalue weighted by Gasteiger charge is 2.22. The molecule has 0 aliphatic carbocycles. The Kier molecular flexibility index (Phi) is 12.3. The maximum absolute atomic E-state index is 13.7. The van der Waals surface area contributed by atoms with Gasteiger partial charge in [0.2, 0.25) is 5.91 Å². The van der Waals surface area contributed by atoms with E-state index in [1.54, 1.807) is 56.4 Å². The highest BCUT2D eigenvalue weighted by Crippen LogP contribution is 2.32. The van der Waals surface area contributed by atoms with E-state index in [-0.39, 0.29) is 24.1 Å². The van der Waals surface area contributed by atoms with E-state index in [2.05, 4.69) is 22.2 Å². The number of methoxy groups -OCH3 is 1. The fourth-order valence-corrected chi connectivity index (χ4v) is 6.06. The number of unbranched alkanes of at least 4 members (excludes halogenated alkanes) is 2. The van der Waals surface area contributed by atoms with Gasteiger partial charge in [-0.3, -0.25) is 14.4 Å². The highest BCUT2D eigenvalue weighted by atomic mass is 16.5. The number of ether oxygens (including phenoxy) is 3. The molecule has 0 spiro atoms. The number of carbonyl (C=O) groups excluding carboxylic acids is 4. The summed E-state index contributed by atoms with van der Waals surface area (Å²) in [5, 5.41) is 3.44. The predicted molar refractivity (Wildman–Crippen MR) is 197 cm³/mol. The number of hydrogen-bond acceptors (Lipinski definition) is 8. The number of rotatable bonds is 14. The molecule has 0 atom stereocenters. The van der Waals surface area contributed by atoms with Crippen molar-refractivity contribution >= 4 is 46.0 Å². The van der Waals surface area contributed by atoms with Gasteiger partial charge in [0.1, 0.15) is 17.2 Å². The number of H-pyrrole nitrogens is 1. The van der Waals surface area contributed by atoms with Gasteiger partial charge in [-0.1, -0.05) is 12.1 Å². The van der Waals surface area contributed by atoms with E-state index in [0.717, 1.165) is 51.0 Å². The summed E-state index contributed by atoms with van der Waals surface area (Å²) in [6.45, 7) is 7.81. The van der Waals surface area contributed by atoms with Crippen LogP contribution in [0.15, 0.2) is 60.7 Å². The van der Waals surface area contributed by atoms with E-state index in [9.17, 15) is 19.2 Å². The Bertz CT molecular complexity index is 1880. The lowest BCUT2D eigenvalue weighted by Crippen LogP contribution is -2.47. The van der Waals surface area contributed by atoms with Crippen LogP contribution in [0.2, 0.25) is 0 Å². The van der Waals surface area contributed by atoms with Crippen molar-refractivity contribution < 1.29 is 33.4 Å². The first kappa shape index (κ1) is 36.9. The van der Waals surface area contributed by atoms with Crippen molar-refractivity contribution in [1.82, 2.24) is 14.8 Å². The Morgan fingerprint density at radius 1 is 0.922 bits per heavy atom. The number of piperazine rings is 1. The Morgan fingerprint density at radius 2 is 1.71 bits per heavy atom. The van der Waals surface area contributed by atoms with E-state index in [1.165, 1.54) is 12.0 Å². The van der Waals surface area contributed by atoms with E-state index in [1.807, 2.05) is 30.0 Å². The van der Waals surface area contributed by atoms with Gasteiger partial charge in [0.15, 0.2) is 0 Å². The number of anilines is 2. The van der Waals surface area contributed by atoms with Gasteiger partial charge >= 0.3 is 5.97 Å². The lowest BCUT2D eigenvalue weighted by molar-refractivity contribution is -0.132. The van der Waals surface area contributed by atoms with Gasteiger partial charge in [-0.15, -0.1) is 0 Å². The van der Waals surface area contributed by atoms with Crippen LogP contribution in [0.3, 0.4) is 0 Å². The van der Waals surface area contributed by atoms with Crippen molar-refractivity contribution in [1.29, 1.82) is 0 Å². The van der Waals surface area contributed by atoms with E-state index >= 15 is 0 Å². The van der Waals surface area contributed by atoms with E-state index in [0.29, 0.717) is 57.9 Å². The molecule has 1 aromatic heterocycles. The van der Waals surface area contributed by atoms with Crippen LogP contribution in [0, 0.1) is 6.92 Å². The van der Waals surface area contributed by atoms with Crippen LogP contribution in [0.1, 0.15) is 69.4 Å². The zero-order valence-corrected chi connectivity index (χ0v) is 30.0. The molecule has 0 saturated carbocycles. The molecule has 0 unspecified atom stereocenters. The van der Waals surface area contributed by atoms with Gasteiger partial charge in [-0.25, -0.2) is 4.79 Å². The topological polar surface area (TPSA) is 134 Å². The maximum Gasteiger partial charge on any atom is 0.354 e. The first-order valence-electron chi connectivity index (χ1n) is 17.4. The molecule has 1 saturated heterocycles. The van der Waals surface area contributed by atoms with Crippen molar-refractivity contribution in [3.63, 3.8) is 0 Å². The first-order valence-corrected chi connectivity index (χ1v) is 17.4. The molecule has 51 heavy (non-hydrogen) atoms. The number of nitrogens with zero attached hydrogens (tertiary/aromatic N) is 3. The Hall–Kier alpha value is -5.36. The molecular weight excluding hydrogens is 650 g/mol. The second-order valence-electron chi connectivity index (χ2n) is 12.7. The molecular formula is C39H47N5O7. The second kappa shape index (κ2) is 17.0. The van der Waals surface area contributed by atoms with E-state index in [4.69, 9.17) is 14.2 Å². The van der Waals surface area contributed by atoms with Crippen LogP contribution in [0.4, 0.5) is 11.4 Å². The summed E-state index contributed by atoms with van der Waals surface area (Å²) in [6.07, 6.45) is 3.01. The van der Waals surface area contributed by atoms with Crippen LogP contribution in [0.5, 0.6) is 11.5 Å². The molecule has 12 heteroatoms. The number of aromatic amines is 1. The zero-order valence-electron chi connectivity index (χ0n) is 30.0. The molecule has 3 amide bonds. The summed E-state index contributed by atoms with van der Waals surface area (Å²) in [6, 6.07) is 17.3. The van der Waals surface area contributed by atoms with Gasteiger partial charge in [-0.05, 0) is 94.3 Å². The SMILES string of the molecule is CCOC(=O)c1cc2c(C(=O)Nc3ccc(C(=O)N(C)c4ccc(C)cc4OCCCCCC(=O)N4CCN(C)CC4)cc3OC)cccc2[nH]1. The largest absolute Gasteiger partial charge is 0.495 e. The number of benzene rings is 3. The molecule has 0 radical (unpaired) electrons. The van der Waals surface area contributed by atoms with Crippen molar-refractivity contribution in [3.05, 3.63) is 83.0 Å². The van der Waals surface area contributed by atoms with Crippen molar-refractivity contribution in [2.75, 3.05) is 70.8 Å². The van der Waals surface area contributed by atoms with Crippen LogP contribution >= 0.6 is 0 Å². The van der Waals surface area contributed by atoms with Crippen molar-refractivity contribution in [3.8, 4) is 11.5 Å². The molecule has 12 nitrogen and oxygen atoms in total. The molecule has 0 bridgehead atoms. The quantitative estimate of drug-likeness (QED) is 0.123. The molecule has 2 N–H and O–H groups in total. The average Bonchev–Trinajstić information content (AvgIpc) is 3.58. The highest BCUT2D eigenvalue weighted by molar-refractivity contribution is 6.14. The summed E-state index contributed by atoms with van der Waals surface area (Å²) in [4.78, 5) is 60.7. The van der Waals surface area contributed by atoms with Crippen molar-refractivity contribution in [2.45, 2.75) is 39.5 Å². The zero-order chi connectivity index (χ0) is 36.5. The lowest BCUT2D eigenvalue weighted by atomic mass is 10.1. The molecule has 1 aliphatic rings. The minimum Gasteiger partial charge on any atom is -0.495 e. The van der Waals surface area contributed by atoms with Crippen LogP contribution in [-0.4, -0.2) is 99.1 Å². The summed E-state index contributed by atoms with van der Waals surface area (Å²) < 4.78 is 16.8. The fraction of sp³-hybridized carbons (Fsp3) is 0.385. The minimum absolute atomic E-state index is 0.220. The maximum atomic E-state index is 13.7. The third kappa shape index (κ3) is 9.06. The number of esters is 1. The van der Waals surface area contributed by atoms with Crippen LogP contribution in [-0.2, 0) is 9.53 Å². The number of aromatic nitrogens is 1. The number of nitrogens with one attached hydrogen (secondary N) is 2. The molecule has 3 aromatic carbocycles. The van der Waals surface area contributed by atoms with Gasteiger partial charge < -0.3 is 39.2 Å². The fourth-order valence-electron chi connectivity index (χ4n) is 6.06. The van der Waals surface area contributed by atoms with Gasteiger partial charge in [0.25, 0.3) is 11.8 Å². The third-order valence-electron chi connectivity index (χ3n) is 9.03. The van der Waals surface area contributed by atoms with Gasteiger partial charge in [0.05, 0.1) is 31.7 Å². The molecule has 4 aromatic rings. The lowest BCUT2D eigenvalue weighted by Gasteiger charge is -2.32. The minimum atomic E-state index is -0.502. The Balaban J connectivity index is 1.20. The number of carbonyl (C=O) groups is 4. The number of amides is 3. The molecule has 1 fully saturated rings. The normalized spacial score (nSPS) is 13.2. The second-order valence-corrected chi connectivity index (χ2v) is 12.7. The van der Waals surface area contributed by atoms with E-state index < -0.39 is 11.9 Å². The summed E-state index contributed by atoms with van der Waals surface area (Å²) in [5.41, 5.74) is 3.58. The number of hydrogen-bond donors (Lipinski definition) is 2. The summed E-state index contributed by atoms with van der Waals surface area (Å²) >= 11 is 0. The number of likely N-dealkylation sites (N-methyl/N-ethyl adjacent to an activating group) is 1. The third-order valence-corrected chi connectivity index (χ3v) is 9.03. The number of aryl methyl sites for hydroxylation is 1.